The van der Waals surface area contributed by atoms with Gasteiger partial charge >= 0.3 is 5.97 Å². The molecule has 1 aromatic carbocycles. The van der Waals surface area contributed by atoms with Gasteiger partial charge in [0.1, 0.15) is 12.4 Å². The number of H-pyrrole nitrogens is 1. The normalized spacial score (nSPS) is 20.4. The highest BCUT2D eigenvalue weighted by Gasteiger charge is 2.25. The van der Waals surface area contributed by atoms with Crippen LogP contribution in [-0.4, -0.2) is 63.9 Å². The molecule has 2 aromatic rings. The molecule has 2 aliphatic rings. The first-order chi connectivity index (χ1) is 14.1. The number of aromatic carboxylic acids is 1. The van der Waals surface area contributed by atoms with Crippen molar-refractivity contribution in [2.45, 2.75) is 39.3 Å². The topological polar surface area (TPSA) is 81.7 Å². The second-order valence-corrected chi connectivity index (χ2v) is 8.30. The third kappa shape index (κ3) is 4.79. The van der Waals surface area contributed by atoms with Gasteiger partial charge in [-0.05, 0) is 31.4 Å². The van der Waals surface area contributed by atoms with Crippen molar-refractivity contribution < 1.29 is 14.6 Å². The van der Waals surface area contributed by atoms with E-state index in [2.05, 4.69) is 33.0 Å². The van der Waals surface area contributed by atoms with Crippen LogP contribution in [0.3, 0.4) is 0 Å². The molecule has 7 nitrogen and oxygen atoms in total. The van der Waals surface area contributed by atoms with Crippen molar-refractivity contribution in [1.82, 2.24) is 20.0 Å². The van der Waals surface area contributed by atoms with E-state index in [-0.39, 0.29) is 5.69 Å². The lowest BCUT2D eigenvalue weighted by Crippen LogP contribution is -2.37. The molecule has 1 saturated heterocycles. The maximum absolute atomic E-state index is 11.4. The summed E-state index contributed by atoms with van der Waals surface area (Å²) in [5.74, 6) is 0.729. The Morgan fingerprint density at radius 2 is 2.17 bits per heavy atom. The fourth-order valence-corrected chi connectivity index (χ4v) is 4.45. The number of likely N-dealkylation sites (tertiary alicyclic amines) is 1. The highest BCUT2D eigenvalue weighted by Crippen LogP contribution is 2.25. The minimum absolute atomic E-state index is 0.144. The Kier molecular flexibility index (Phi) is 6.16. The Morgan fingerprint density at radius 3 is 3.00 bits per heavy atom. The molecule has 0 radical (unpaired) electrons. The summed E-state index contributed by atoms with van der Waals surface area (Å²) in [7, 11) is 0. The number of aromatic amines is 1. The van der Waals surface area contributed by atoms with Gasteiger partial charge in [-0.2, -0.15) is 5.10 Å². The smallest absolute Gasteiger partial charge is 0.356 e. The van der Waals surface area contributed by atoms with Crippen LogP contribution in [0.1, 0.15) is 47.1 Å². The third-order valence-corrected chi connectivity index (χ3v) is 5.99. The van der Waals surface area contributed by atoms with Gasteiger partial charge in [-0.25, -0.2) is 4.79 Å². The van der Waals surface area contributed by atoms with Gasteiger partial charge in [-0.15, -0.1) is 0 Å². The molecule has 2 N–H and O–H groups in total. The monoisotopic (exact) mass is 398 g/mol. The van der Waals surface area contributed by atoms with Gasteiger partial charge in [0, 0.05) is 56.0 Å². The van der Waals surface area contributed by atoms with Gasteiger partial charge in [-0.3, -0.25) is 14.9 Å². The number of nitrogens with zero attached hydrogens (tertiary/aromatic N) is 3. The van der Waals surface area contributed by atoms with E-state index >= 15 is 0 Å². The van der Waals surface area contributed by atoms with Crippen molar-refractivity contribution >= 4 is 5.97 Å². The molecule has 7 heteroatoms. The van der Waals surface area contributed by atoms with E-state index in [1.807, 2.05) is 18.2 Å². The zero-order valence-corrected chi connectivity index (χ0v) is 17.1. The number of para-hydroxylation sites is 1. The molecule has 1 unspecified atom stereocenters. The summed E-state index contributed by atoms with van der Waals surface area (Å²) in [4.78, 5) is 16.2. The van der Waals surface area contributed by atoms with Crippen LogP contribution in [0.5, 0.6) is 5.75 Å². The molecule has 0 spiro atoms. The molecule has 0 saturated carbocycles. The quantitative estimate of drug-likeness (QED) is 0.746. The Bertz CT molecular complexity index is 850. The fraction of sp³-hybridized carbons (Fsp3) is 0.545. The summed E-state index contributed by atoms with van der Waals surface area (Å²) >= 11 is 0. The van der Waals surface area contributed by atoms with Crippen molar-refractivity contribution in [3.63, 3.8) is 0 Å². The number of hydrogen-bond donors (Lipinski definition) is 2. The second-order valence-electron chi connectivity index (χ2n) is 8.30. The first-order valence-electron chi connectivity index (χ1n) is 10.5. The van der Waals surface area contributed by atoms with E-state index < -0.39 is 5.97 Å². The van der Waals surface area contributed by atoms with Crippen LogP contribution in [0.4, 0.5) is 0 Å². The predicted molar refractivity (Wildman–Crippen MR) is 110 cm³/mol. The van der Waals surface area contributed by atoms with E-state index in [4.69, 9.17) is 4.74 Å². The zero-order chi connectivity index (χ0) is 20.2. The maximum Gasteiger partial charge on any atom is 0.356 e. The predicted octanol–water partition coefficient (Wildman–Crippen LogP) is 2.78. The SMILES string of the molecule is CC1CCCN(CCOc2ccccc2CN2CCc3[nH]nc(C(=O)O)c3C2)C1. The van der Waals surface area contributed by atoms with Crippen molar-refractivity contribution in [2.75, 3.05) is 32.8 Å². The highest BCUT2D eigenvalue weighted by molar-refractivity contribution is 5.87. The third-order valence-electron chi connectivity index (χ3n) is 5.99. The van der Waals surface area contributed by atoms with Crippen LogP contribution >= 0.6 is 0 Å². The number of hydrogen-bond acceptors (Lipinski definition) is 5. The number of carboxylic acid groups (broad SMARTS) is 1. The average Bonchev–Trinajstić information content (AvgIpc) is 3.13. The van der Waals surface area contributed by atoms with Crippen LogP contribution in [0, 0.1) is 5.92 Å². The van der Waals surface area contributed by atoms with Crippen molar-refractivity contribution in [3.8, 4) is 5.75 Å². The van der Waals surface area contributed by atoms with Gasteiger partial charge in [0.15, 0.2) is 5.69 Å². The fourth-order valence-electron chi connectivity index (χ4n) is 4.45. The van der Waals surface area contributed by atoms with Crippen molar-refractivity contribution in [1.29, 1.82) is 0 Å². The summed E-state index contributed by atoms with van der Waals surface area (Å²) in [6.45, 7) is 8.51. The van der Waals surface area contributed by atoms with E-state index in [9.17, 15) is 9.90 Å². The average molecular weight is 399 g/mol. The van der Waals surface area contributed by atoms with E-state index in [0.717, 1.165) is 61.1 Å². The summed E-state index contributed by atoms with van der Waals surface area (Å²) in [5, 5.41) is 16.2. The largest absolute Gasteiger partial charge is 0.492 e. The first kappa shape index (κ1) is 19.9. The summed E-state index contributed by atoms with van der Waals surface area (Å²) in [6.07, 6.45) is 3.39. The minimum Gasteiger partial charge on any atom is -0.492 e. The molecule has 0 bridgehead atoms. The number of piperidine rings is 1. The molecule has 3 heterocycles. The van der Waals surface area contributed by atoms with E-state index in [1.54, 1.807) is 0 Å². The van der Waals surface area contributed by atoms with Crippen LogP contribution in [0.2, 0.25) is 0 Å². The number of rotatable bonds is 7. The van der Waals surface area contributed by atoms with Crippen LogP contribution in [0.25, 0.3) is 0 Å². The van der Waals surface area contributed by atoms with Gasteiger partial charge in [0.05, 0.1) is 0 Å². The lowest BCUT2D eigenvalue weighted by atomic mass is 10.0. The lowest BCUT2D eigenvalue weighted by Gasteiger charge is -2.31. The zero-order valence-electron chi connectivity index (χ0n) is 17.1. The van der Waals surface area contributed by atoms with Gasteiger partial charge in [0.2, 0.25) is 0 Å². The number of nitrogens with one attached hydrogen (secondary N) is 1. The summed E-state index contributed by atoms with van der Waals surface area (Å²) in [6, 6.07) is 8.17. The molecule has 29 heavy (non-hydrogen) atoms. The molecule has 0 amide bonds. The standard InChI is InChI=1S/C22H30N4O3/c1-16-5-4-9-25(13-16)11-12-29-20-7-3-2-6-17(20)14-26-10-8-19-18(15-26)21(22(27)28)24-23-19/h2-3,6-7,16H,4-5,8-15H2,1H3,(H,23,24)(H,27,28). The maximum atomic E-state index is 11.4. The molecular weight excluding hydrogens is 368 g/mol. The molecule has 1 aromatic heterocycles. The molecular formula is C22H30N4O3. The van der Waals surface area contributed by atoms with Gasteiger partial charge in [0.25, 0.3) is 0 Å². The Hall–Kier alpha value is -2.38. The van der Waals surface area contributed by atoms with Crippen LogP contribution in [0.15, 0.2) is 24.3 Å². The lowest BCUT2D eigenvalue weighted by molar-refractivity contribution is 0.0687. The van der Waals surface area contributed by atoms with Gasteiger partial charge < -0.3 is 9.84 Å². The highest BCUT2D eigenvalue weighted by atomic mass is 16.5. The van der Waals surface area contributed by atoms with Gasteiger partial charge in [-0.1, -0.05) is 25.1 Å². The number of carbonyl (C=O) groups is 1. The van der Waals surface area contributed by atoms with Crippen molar-refractivity contribution in [2.24, 2.45) is 5.92 Å². The van der Waals surface area contributed by atoms with Crippen molar-refractivity contribution in [3.05, 3.63) is 46.8 Å². The molecule has 0 aliphatic carbocycles. The van der Waals surface area contributed by atoms with E-state index in [1.165, 1.54) is 19.4 Å². The number of fused-ring (bicyclic) bond motifs is 1. The number of benzene rings is 1. The number of aromatic nitrogens is 2. The minimum atomic E-state index is -0.972. The molecule has 4 rings (SSSR count). The Morgan fingerprint density at radius 1 is 1.31 bits per heavy atom. The second kappa shape index (κ2) is 8.97. The molecule has 1 fully saturated rings. The summed E-state index contributed by atoms with van der Waals surface area (Å²) < 4.78 is 6.15. The Labute approximate surface area is 171 Å². The molecule has 1 atom stereocenters. The number of ether oxygens (including phenoxy) is 1. The first-order valence-corrected chi connectivity index (χ1v) is 10.5. The van der Waals surface area contributed by atoms with Crippen LogP contribution in [-0.2, 0) is 19.5 Å². The number of carboxylic acids is 1. The van der Waals surface area contributed by atoms with Crippen LogP contribution < -0.4 is 4.74 Å². The van der Waals surface area contributed by atoms with E-state index in [0.29, 0.717) is 13.2 Å². The molecule has 2 aliphatic heterocycles. The Balaban J connectivity index is 1.36. The summed E-state index contributed by atoms with van der Waals surface area (Å²) in [5.41, 5.74) is 3.04. The molecule has 156 valence electrons.